The van der Waals surface area contributed by atoms with Gasteiger partial charge in [0.25, 0.3) is 0 Å². The average molecular weight is 419 g/mol. The van der Waals surface area contributed by atoms with Crippen LogP contribution in [0.15, 0.2) is 42.2 Å². The van der Waals surface area contributed by atoms with Crippen molar-refractivity contribution in [2.75, 3.05) is 13.2 Å². The lowest BCUT2D eigenvalue weighted by Gasteiger charge is -2.14. The Morgan fingerprint density at radius 2 is 1.81 bits per heavy atom. The molecule has 26 heavy (non-hydrogen) atoms. The Bertz CT molecular complexity index is 827. The van der Waals surface area contributed by atoms with Crippen LogP contribution >= 0.6 is 34.8 Å². The molecule has 1 unspecified atom stereocenters. The number of ether oxygens (including phenoxy) is 1. The van der Waals surface area contributed by atoms with E-state index in [1.54, 1.807) is 30.3 Å². The summed E-state index contributed by atoms with van der Waals surface area (Å²) in [6.45, 7) is -1.30. The van der Waals surface area contributed by atoms with Crippen LogP contribution in [0.5, 0.6) is 5.88 Å². The summed E-state index contributed by atoms with van der Waals surface area (Å²) in [5.74, 6) is -1.44. The first kappa shape index (κ1) is 20.5. The van der Waals surface area contributed by atoms with Gasteiger partial charge >= 0.3 is 0 Å². The summed E-state index contributed by atoms with van der Waals surface area (Å²) in [5, 5.41) is 29.0. The molecule has 0 saturated heterocycles. The molecule has 0 aliphatic heterocycles. The van der Waals surface area contributed by atoms with Gasteiger partial charge in [0.2, 0.25) is 11.7 Å². The average Bonchev–Trinajstić information content (AvgIpc) is 2.63. The van der Waals surface area contributed by atoms with Gasteiger partial charge in [0.05, 0.1) is 17.2 Å². The molecule has 1 atom stereocenters. The maximum Gasteiger partial charge on any atom is 0.234 e. The Hall–Kier alpha value is -1.83. The molecular weight excluding hydrogens is 405 g/mol. The summed E-state index contributed by atoms with van der Waals surface area (Å²) in [6.07, 6.45) is -1.61. The molecule has 0 saturated carbocycles. The van der Waals surface area contributed by atoms with Gasteiger partial charge in [0, 0.05) is 0 Å². The summed E-state index contributed by atoms with van der Waals surface area (Å²) in [5.41, 5.74) is 0.155. The second kappa shape index (κ2) is 9.21. The van der Waals surface area contributed by atoms with Gasteiger partial charge < -0.3 is 20.1 Å². The number of pyridine rings is 1. The predicted molar refractivity (Wildman–Crippen MR) is 98.9 cm³/mol. The molecule has 0 bridgehead atoms. The third-order valence-corrected chi connectivity index (χ3v) is 4.22. The normalized spacial score (nSPS) is 13.1. The van der Waals surface area contributed by atoms with Crippen molar-refractivity contribution in [3.63, 3.8) is 0 Å². The van der Waals surface area contributed by atoms with Gasteiger partial charge in [-0.05, 0) is 11.6 Å². The largest absolute Gasteiger partial charge is 0.509 e. The fourth-order valence-electron chi connectivity index (χ4n) is 2.05. The number of ketones is 1. The smallest absolute Gasteiger partial charge is 0.234 e. The minimum atomic E-state index is -1.61. The molecule has 9 heteroatoms. The van der Waals surface area contributed by atoms with Crippen molar-refractivity contribution in [3.8, 4) is 5.88 Å². The van der Waals surface area contributed by atoms with E-state index < -0.39 is 30.9 Å². The molecule has 2 rings (SSSR count). The van der Waals surface area contributed by atoms with Gasteiger partial charge in [-0.25, -0.2) is 0 Å². The van der Waals surface area contributed by atoms with Crippen LogP contribution < -0.4 is 4.74 Å². The van der Waals surface area contributed by atoms with Crippen molar-refractivity contribution < 1.29 is 24.9 Å². The van der Waals surface area contributed by atoms with Crippen LogP contribution in [0.1, 0.15) is 5.56 Å². The van der Waals surface area contributed by atoms with Gasteiger partial charge in [0.1, 0.15) is 16.9 Å². The molecule has 0 radical (unpaired) electrons. The standard InChI is InChI=1S/C17H14Cl3NO5/c18-10-6-11(19)17(21-16(10)20)26-8-13(24)14(15(25)12(23)7-22)9-4-2-1-3-5-9/h1-6,12,22-23,25H,7-8H2. The third kappa shape index (κ3) is 4.87. The lowest BCUT2D eigenvalue weighted by atomic mass is 9.99. The van der Waals surface area contributed by atoms with Crippen molar-refractivity contribution in [2.24, 2.45) is 0 Å². The van der Waals surface area contributed by atoms with Crippen LogP contribution in [-0.2, 0) is 4.79 Å². The fraction of sp³-hybridized carbons (Fsp3) is 0.176. The zero-order valence-corrected chi connectivity index (χ0v) is 15.5. The third-order valence-electron chi connectivity index (χ3n) is 3.28. The number of rotatable bonds is 7. The van der Waals surface area contributed by atoms with E-state index >= 15 is 0 Å². The number of carbonyl (C=O) groups excluding carboxylic acids is 1. The quantitative estimate of drug-likeness (QED) is 0.362. The van der Waals surface area contributed by atoms with Crippen molar-refractivity contribution in [1.29, 1.82) is 0 Å². The van der Waals surface area contributed by atoms with E-state index in [0.717, 1.165) is 0 Å². The highest BCUT2D eigenvalue weighted by atomic mass is 35.5. The lowest BCUT2D eigenvalue weighted by molar-refractivity contribution is -0.115. The van der Waals surface area contributed by atoms with Gasteiger partial charge in [0.15, 0.2) is 11.8 Å². The van der Waals surface area contributed by atoms with E-state index in [2.05, 4.69) is 4.98 Å². The Balaban J connectivity index is 2.30. The summed E-state index contributed by atoms with van der Waals surface area (Å²) < 4.78 is 5.28. The van der Waals surface area contributed by atoms with Crippen LogP contribution in [0.3, 0.4) is 0 Å². The van der Waals surface area contributed by atoms with Gasteiger partial charge in [-0.3, -0.25) is 4.79 Å². The molecule has 3 N–H and O–H groups in total. The number of nitrogens with zero attached hydrogens (tertiary/aromatic N) is 1. The number of halogens is 3. The highest BCUT2D eigenvalue weighted by molar-refractivity contribution is 6.42. The highest BCUT2D eigenvalue weighted by Gasteiger charge is 2.23. The lowest BCUT2D eigenvalue weighted by Crippen LogP contribution is -2.22. The van der Waals surface area contributed by atoms with E-state index in [9.17, 15) is 15.0 Å². The summed E-state index contributed by atoms with van der Waals surface area (Å²) >= 11 is 17.5. The Morgan fingerprint density at radius 3 is 2.42 bits per heavy atom. The molecule has 0 aliphatic carbocycles. The van der Waals surface area contributed by atoms with Gasteiger partial charge in [-0.1, -0.05) is 65.1 Å². The maximum atomic E-state index is 12.6. The summed E-state index contributed by atoms with van der Waals surface area (Å²) in [4.78, 5) is 16.4. The molecule has 1 heterocycles. The first-order valence-electron chi connectivity index (χ1n) is 7.30. The number of aliphatic hydroxyl groups is 3. The molecule has 138 valence electrons. The molecule has 1 aromatic carbocycles. The molecule has 6 nitrogen and oxygen atoms in total. The second-order valence-corrected chi connectivity index (χ2v) is 6.26. The molecule has 0 amide bonds. The van der Waals surface area contributed by atoms with Crippen molar-refractivity contribution in [2.45, 2.75) is 6.10 Å². The molecule has 0 aliphatic rings. The van der Waals surface area contributed by atoms with Crippen LogP contribution in [0.2, 0.25) is 15.2 Å². The predicted octanol–water partition coefficient (Wildman–Crippen LogP) is 3.31. The van der Waals surface area contributed by atoms with Crippen LogP contribution in [0.4, 0.5) is 0 Å². The van der Waals surface area contributed by atoms with Crippen molar-refractivity contribution in [3.05, 3.63) is 62.9 Å². The Labute approximate surface area is 164 Å². The van der Waals surface area contributed by atoms with E-state index in [4.69, 9.17) is 44.6 Å². The van der Waals surface area contributed by atoms with Crippen molar-refractivity contribution in [1.82, 2.24) is 4.98 Å². The first-order valence-corrected chi connectivity index (χ1v) is 8.43. The molecule has 0 fully saturated rings. The van der Waals surface area contributed by atoms with Crippen LogP contribution in [0, 0.1) is 0 Å². The molecule has 1 aromatic heterocycles. The highest BCUT2D eigenvalue weighted by Crippen LogP contribution is 2.30. The first-order chi connectivity index (χ1) is 12.3. The number of hydrogen-bond donors (Lipinski definition) is 3. The topological polar surface area (TPSA) is 99.9 Å². The zero-order chi connectivity index (χ0) is 19.3. The second-order valence-electron chi connectivity index (χ2n) is 5.08. The number of Topliss-reactive ketones (excluding diaryl/α,β-unsaturated/α-hetero) is 1. The number of aliphatic hydroxyl groups excluding tert-OH is 3. The number of benzene rings is 1. The minimum Gasteiger partial charge on any atom is -0.509 e. The van der Waals surface area contributed by atoms with E-state index in [0.29, 0.717) is 5.56 Å². The van der Waals surface area contributed by atoms with E-state index in [1.807, 2.05) is 0 Å². The van der Waals surface area contributed by atoms with E-state index in [1.165, 1.54) is 6.07 Å². The maximum absolute atomic E-state index is 12.6. The minimum absolute atomic E-state index is 0.0455. The van der Waals surface area contributed by atoms with Gasteiger partial charge in [-0.2, -0.15) is 4.98 Å². The number of hydrogen-bond acceptors (Lipinski definition) is 6. The zero-order valence-electron chi connectivity index (χ0n) is 13.2. The number of aromatic nitrogens is 1. The molecule has 0 spiro atoms. The van der Waals surface area contributed by atoms with Crippen molar-refractivity contribution >= 4 is 46.2 Å². The fourth-order valence-corrected chi connectivity index (χ4v) is 2.59. The molecular formula is C17H14Cl3NO5. The van der Waals surface area contributed by atoms with Crippen LogP contribution in [-0.4, -0.2) is 45.4 Å². The summed E-state index contributed by atoms with van der Waals surface area (Å²) in [6, 6.07) is 9.48. The Kier molecular flexibility index (Phi) is 7.25. The Morgan fingerprint density at radius 1 is 1.15 bits per heavy atom. The van der Waals surface area contributed by atoms with Crippen LogP contribution in [0.25, 0.3) is 5.57 Å². The molecule has 2 aromatic rings. The van der Waals surface area contributed by atoms with Gasteiger partial charge in [-0.15, -0.1) is 0 Å². The SMILES string of the molecule is O=C(COc1nc(Cl)c(Cl)cc1Cl)C(=C(O)C(O)CO)c1ccccc1. The van der Waals surface area contributed by atoms with E-state index in [-0.39, 0.29) is 26.7 Å². The monoisotopic (exact) mass is 417 g/mol. The number of carbonyl (C=O) groups is 1. The summed E-state index contributed by atoms with van der Waals surface area (Å²) in [7, 11) is 0.